The molecule has 4 rings (SSSR count). The van der Waals surface area contributed by atoms with Gasteiger partial charge in [0.25, 0.3) is 15.9 Å². The largest absolute Gasteiger partial charge is 0.497 e. The highest BCUT2D eigenvalue weighted by Crippen LogP contribution is 2.36. The molecule has 0 atom stereocenters. The maximum atomic E-state index is 13.2. The molecule has 1 aromatic heterocycles. The van der Waals surface area contributed by atoms with Gasteiger partial charge in [0.15, 0.2) is 0 Å². The van der Waals surface area contributed by atoms with Crippen LogP contribution in [-0.4, -0.2) is 34.5 Å². The Morgan fingerprint density at radius 1 is 0.833 bits per heavy atom. The molecule has 10 heteroatoms. The van der Waals surface area contributed by atoms with Crippen molar-refractivity contribution in [3.8, 4) is 16.2 Å². The molecule has 1 amide bonds. The minimum Gasteiger partial charge on any atom is -0.497 e. The molecule has 0 radical (unpaired) electrons. The van der Waals surface area contributed by atoms with Gasteiger partial charge in [0.05, 0.1) is 36.1 Å². The zero-order valence-corrected chi connectivity index (χ0v) is 21.0. The van der Waals surface area contributed by atoms with Crippen LogP contribution in [0.15, 0.2) is 89.8 Å². The number of hydrogen-bond donors (Lipinski definition) is 2. The Bertz CT molecular complexity index is 1500. The van der Waals surface area contributed by atoms with Gasteiger partial charge < -0.3 is 14.8 Å². The normalized spacial score (nSPS) is 10.9. The third kappa shape index (κ3) is 5.40. The van der Waals surface area contributed by atoms with Gasteiger partial charge in [-0.05, 0) is 48.0 Å². The Morgan fingerprint density at radius 2 is 1.50 bits per heavy atom. The number of carbonyl (C=O) groups excluding carboxylic acids is 2. The molecular weight excluding hydrogens is 500 g/mol. The number of thiophene rings is 1. The molecule has 36 heavy (non-hydrogen) atoms. The summed E-state index contributed by atoms with van der Waals surface area (Å²) in [4.78, 5) is 26.6. The molecule has 0 aliphatic rings. The van der Waals surface area contributed by atoms with Crippen LogP contribution >= 0.6 is 11.3 Å². The zero-order chi connectivity index (χ0) is 25.7. The van der Waals surface area contributed by atoms with Crippen molar-refractivity contribution < 1.29 is 27.5 Å². The van der Waals surface area contributed by atoms with E-state index in [4.69, 9.17) is 9.47 Å². The van der Waals surface area contributed by atoms with E-state index in [1.807, 2.05) is 30.3 Å². The first-order valence-corrected chi connectivity index (χ1v) is 13.0. The van der Waals surface area contributed by atoms with Crippen LogP contribution in [0, 0.1) is 0 Å². The summed E-state index contributed by atoms with van der Waals surface area (Å²) in [5.74, 6) is -0.669. The third-order valence-electron chi connectivity index (χ3n) is 5.20. The van der Waals surface area contributed by atoms with Crippen molar-refractivity contribution in [2.75, 3.05) is 24.3 Å². The number of anilines is 2. The highest BCUT2D eigenvalue weighted by atomic mass is 32.2. The molecular formula is C26H22N2O6S2. The van der Waals surface area contributed by atoms with Crippen LogP contribution < -0.4 is 14.8 Å². The van der Waals surface area contributed by atoms with Crippen LogP contribution in [0.3, 0.4) is 0 Å². The summed E-state index contributed by atoms with van der Waals surface area (Å²) in [5, 5.41) is 2.73. The molecule has 8 nitrogen and oxygen atoms in total. The van der Waals surface area contributed by atoms with E-state index in [9.17, 15) is 18.0 Å². The third-order valence-corrected chi connectivity index (χ3v) is 7.74. The number of ether oxygens (including phenoxy) is 2. The second kappa shape index (κ2) is 10.6. The van der Waals surface area contributed by atoms with Crippen LogP contribution in [0.4, 0.5) is 11.4 Å². The molecule has 0 saturated carbocycles. The topological polar surface area (TPSA) is 111 Å². The lowest BCUT2D eigenvalue weighted by Gasteiger charge is -2.13. The molecule has 0 bridgehead atoms. The average Bonchev–Trinajstić information content (AvgIpc) is 3.32. The first kappa shape index (κ1) is 25.0. The molecule has 1 heterocycles. The molecule has 0 fully saturated rings. The number of benzene rings is 3. The van der Waals surface area contributed by atoms with Crippen LogP contribution in [0.5, 0.6) is 5.75 Å². The highest BCUT2D eigenvalue weighted by Gasteiger charge is 2.23. The van der Waals surface area contributed by atoms with Gasteiger partial charge in [0.2, 0.25) is 0 Å². The number of carbonyl (C=O) groups is 2. The molecule has 3 aromatic carbocycles. The van der Waals surface area contributed by atoms with E-state index in [0.29, 0.717) is 5.75 Å². The number of hydrogen-bond acceptors (Lipinski definition) is 7. The minimum absolute atomic E-state index is 0.0110. The van der Waals surface area contributed by atoms with Crippen molar-refractivity contribution in [3.05, 3.63) is 95.4 Å². The first-order valence-electron chi connectivity index (χ1n) is 10.7. The summed E-state index contributed by atoms with van der Waals surface area (Å²) in [6.45, 7) is 0. The quantitative estimate of drug-likeness (QED) is 0.305. The molecule has 0 saturated heterocycles. The van der Waals surface area contributed by atoms with Crippen molar-refractivity contribution in [1.82, 2.24) is 0 Å². The average molecular weight is 523 g/mol. The first-order chi connectivity index (χ1) is 17.3. The number of methoxy groups -OCH3 is 2. The van der Waals surface area contributed by atoms with Gasteiger partial charge in [-0.15, -0.1) is 11.3 Å². The fourth-order valence-electron chi connectivity index (χ4n) is 3.39. The number of esters is 1. The fraction of sp³-hybridized carbons (Fsp3) is 0.0769. The highest BCUT2D eigenvalue weighted by molar-refractivity contribution is 7.92. The van der Waals surface area contributed by atoms with Crippen molar-refractivity contribution in [1.29, 1.82) is 0 Å². The monoisotopic (exact) mass is 522 g/mol. The second-order valence-electron chi connectivity index (χ2n) is 7.49. The molecule has 2 N–H and O–H groups in total. The molecule has 0 aliphatic carbocycles. The lowest BCUT2D eigenvalue weighted by Crippen LogP contribution is -2.19. The summed E-state index contributed by atoms with van der Waals surface area (Å²) in [7, 11) is -1.23. The van der Waals surface area contributed by atoms with E-state index in [0.717, 1.165) is 10.4 Å². The molecule has 0 unspecified atom stereocenters. The van der Waals surface area contributed by atoms with E-state index in [1.165, 1.54) is 62.0 Å². The SMILES string of the molecule is COC(=O)c1sc(-c2ccccc2)cc1NC(=O)c1ccccc1NS(=O)(=O)c1ccc(OC)cc1. The van der Waals surface area contributed by atoms with Gasteiger partial charge >= 0.3 is 5.97 Å². The van der Waals surface area contributed by atoms with E-state index in [2.05, 4.69) is 10.0 Å². The van der Waals surface area contributed by atoms with E-state index in [-0.39, 0.29) is 26.7 Å². The Labute approximate surface area is 212 Å². The lowest BCUT2D eigenvalue weighted by atomic mass is 10.1. The standard InChI is InChI=1S/C26H22N2O6S2/c1-33-18-12-14-19(15-13-18)36(31,32)28-21-11-7-6-10-20(21)25(29)27-22-16-23(17-8-4-3-5-9-17)35-24(22)26(30)34-2/h3-16,28H,1-2H3,(H,27,29). The van der Waals surface area contributed by atoms with Gasteiger partial charge in [-0.25, -0.2) is 13.2 Å². The Balaban J connectivity index is 1.63. The van der Waals surface area contributed by atoms with Crippen LogP contribution in [0.2, 0.25) is 0 Å². The van der Waals surface area contributed by atoms with Crippen LogP contribution in [-0.2, 0) is 14.8 Å². The Kier molecular flexibility index (Phi) is 7.37. The molecule has 0 spiro atoms. The number of sulfonamides is 1. The number of nitrogens with one attached hydrogen (secondary N) is 2. The minimum atomic E-state index is -3.98. The molecule has 184 valence electrons. The van der Waals surface area contributed by atoms with Crippen molar-refractivity contribution in [2.45, 2.75) is 4.90 Å². The Morgan fingerprint density at radius 3 is 2.17 bits per heavy atom. The van der Waals surface area contributed by atoms with Gasteiger partial charge in [0, 0.05) is 4.88 Å². The maximum Gasteiger partial charge on any atom is 0.350 e. The van der Waals surface area contributed by atoms with Gasteiger partial charge in [0.1, 0.15) is 10.6 Å². The second-order valence-corrected chi connectivity index (χ2v) is 10.2. The summed E-state index contributed by atoms with van der Waals surface area (Å²) >= 11 is 1.19. The number of amides is 1. The van der Waals surface area contributed by atoms with E-state index in [1.54, 1.807) is 18.2 Å². The summed E-state index contributed by atoms with van der Waals surface area (Å²) in [6, 6.07) is 23.2. The Hall–Kier alpha value is -4.15. The maximum absolute atomic E-state index is 13.2. The molecule has 0 aliphatic heterocycles. The molecule has 4 aromatic rings. The zero-order valence-electron chi connectivity index (χ0n) is 19.3. The van der Waals surface area contributed by atoms with Crippen LogP contribution in [0.25, 0.3) is 10.4 Å². The van der Waals surface area contributed by atoms with Crippen molar-refractivity contribution >= 4 is 44.6 Å². The summed E-state index contributed by atoms with van der Waals surface area (Å²) in [6.07, 6.45) is 0. The fourth-order valence-corrected chi connectivity index (χ4v) is 5.51. The van der Waals surface area contributed by atoms with Crippen molar-refractivity contribution in [3.63, 3.8) is 0 Å². The summed E-state index contributed by atoms with van der Waals surface area (Å²) < 4.78 is 38.3. The van der Waals surface area contributed by atoms with Gasteiger partial charge in [-0.1, -0.05) is 42.5 Å². The van der Waals surface area contributed by atoms with Crippen molar-refractivity contribution in [2.24, 2.45) is 0 Å². The number of para-hydroxylation sites is 1. The van der Waals surface area contributed by atoms with Gasteiger partial charge in [-0.2, -0.15) is 0 Å². The van der Waals surface area contributed by atoms with Gasteiger partial charge in [-0.3, -0.25) is 9.52 Å². The summed E-state index contributed by atoms with van der Waals surface area (Å²) in [5.41, 5.74) is 1.31. The predicted molar refractivity (Wildman–Crippen MR) is 139 cm³/mol. The predicted octanol–water partition coefficient (Wildman–Crippen LogP) is 5.26. The smallest absolute Gasteiger partial charge is 0.350 e. The number of rotatable bonds is 8. The lowest BCUT2D eigenvalue weighted by molar-refractivity contribution is 0.0607. The van der Waals surface area contributed by atoms with Crippen LogP contribution in [0.1, 0.15) is 20.0 Å². The van der Waals surface area contributed by atoms with E-state index >= 15 is 0 Å². The van der Waals surface area contributed by atoms with E-state index < -0.39 is 21.9 Å².